The normalized spacial score (nSPS) is 11.0. The Bertz CT molecular complexity index is 433. The van der Waals surface area contributed by atoms with Crippen LogP contribution >= 0.6 is 0 Å². The first-order valence-electron chi connectivity index (χ1n) is 7.77. The molecule has 6 heteroatoms. The Morgan fingerprint density at radius 3 is 2.00 bits per heavy atom. The zero-order valence-electron chi connectivity index (χ0n) is 15.0. The van der Waals surface area contributed by atoms with Crippen molar-refractivity contribution in [2.75, 3.05) is 33.8 Å². The van der Waals surface area contributed by atoms with Crippen molar-refractivity contribution in [3.05, 3.63) is 35.9 Å². The maximum Gasteiger partial charge on any atom is 0.102 e. The second kappa shape index (κ2) is 12.0. The lowest BCUT2D eigenvalue weighted by Crippen LogP contribution is -3.00. The van der Waals surface area contributed by atoms with E-state index in [0.717, 1.165) is 11.0 Å². The summed E-state index contributed by atoms with van der Waals surface area (Å²) in [4.78, 5) is 10.1. The lowest BCUT2D eigenvalue weighted by atomic mass is 10.2. The van der Waals surface area contributed by atoms with Gasteiger partial charge < -0.3 is 43.5 Å². The first-order valence-corrected chi connectivity index (χ1v) is 11.5. The highest BCUT2D eigenvalue weighted by atomic mass is 127. The molecule has 1 aromatic carbocycles. The van der Waals surface area contributed by atoms with Gasteiger partial charge in [-0.2, -0.15) is 0 Å². The van der Waals surface area contributed by atoms with Gasteiger partial charge in [-0.15, -0.1) is 0 Å². The fourth-order valence-corrected chi connectivity index (χ4v) is 3.21. The summed E-state index contributed by atoms with van der Waals surface area (Å²) in [6.45, 7) is 9.63. The lowest BCUT2D eigenvalue weighted by Gasteiger charge is -2.30. The molecule has 0 saturated heterocycles. The Labute approximate surface area is 159 Å². The fraction of sp³-hybridized carbons (Fsp3) is 0.588. The van der Waals surface area contributed by atoms with Crippen LogP contribution in [0.3, 0.4) is 0 Å². The van der Waals surface area contributed by atoms with Crippen molar-refractivity contribution in [1.29, 1.82) is 0 Å². The smallest absolute Gasteiger partial charge is 0.102 e. The number of rotatable bonds is 7. The number of hydrogen-bond acceptors (Lipinski definition) is 3. The van der Waals surface area contributed by atoms with E-state index in [1.165, 1.54) is 31.1 Å². The van der Waals surface area contributed by atoms with E-state index < -0.39 is 14.0 Å². The summed E-state index contributed by atoms with van der Waals surface area (Å²) < 4.78 is 0.959. The summed E-state index contributed by atoms with van der Waals surface area (Å²) >= 11 is 0. The van der Waals surface area contributed by atoms with Gasteiger partial charge in [-0.25, -0.2) is 0 Å². The number of halogens is 1. The minimum Gasteiger partial charge on any atom is -1.00 e. The number of likely N-dealkylation sites (N-methyl/N-ethyl adjacent to an activating group) is 1. The molecular formula is C17H31INO3Si-. The molecule has 1 aromatic rings. The van der Waals surface area contributed by atoms with Gasteiger partial charge in [-0.3, -0.25) is 0 Å². The summed E-state index contributed by atoms with van der Waals surface area (Å²) in [6, 6.07) is 9.47. The van der Waals surface area contributed by atoms with Gasteiger partial charge in [0.15, 0.2) is 0 Å². The molecule has 0 radical (unpaired) electrons. The molecular weight excluding hydrogens is 421 g/mol. The Morgan fingerprint density at radius 1 is 1.13 bits per heavy atom. The van der Waals surface area contributed by atoms with Crippen molar-refractivity contribution in [2.45, 2.75) is 32.1 Å². The third kappa shape index (κ3) is 14.9. The molecule has 0 aliphatic heterocycles. The first kappa shape index (κ1) is 24.8. The monoisotopic (exact) mass is 452 g/mol. The molecule has 0 unspecified atom stereocenters. The van der Waals surface area contributed by atoms with Gasteiger partial charge in [-0.05, 0) is 12.0 Å². The van der Waals surface area contributed by atoms with Crippen LogP contribution in [0, 0.1) is 0 Å². The van der Waals surface area contributed by atoms with Gasteiger partial charge in [0.25, 0.3) is 0 Å². The third-order valence-electron chi connectivity index (χ3n) is 3.41. The second-order valence-electron chi connectivity index (χ2n) is 7.42. The summed E-state index contributed by atoms with van der Waals surface area (Å²) in [7, 11) is 3.54. The van der Waals surface area contributed by atoms with Crippen LogP contribution in [-0.4, -0.2) is 57.4 Å². The first-order chi connectivity index (χ1) is 10.1. The number of carbonyl (C=O) groups excluding carboxylic acids is 1. The van der Waals surface area contributed by atoms with Crippen LogP contribution < -0.4 is 29.1 Å². The lowest BCUT2D eigenvalue weighted by molar-refractivity contribution is -0.890. The number of carbonyl (C=O) groups is 1. The van der Waals surface area contributed by atoms with Crippen LogP contribution in [-0.2, 0) is 0 Å². The average molecular weight is 452 g/mol. The maximum atomic E-state index is 10.1. The largest absolute Gasteiger partial charge is 1.00 e. The Morgan fingerprint density at radius 2 is 1.65 bits per heavy atom. The average Bonchev–Trinajstić information content (AvgIpc) is 2.38. The van der Waals surface area contributed by atoms with E-state index in [4.69, 9.17) is 5.11 Å². The van der Waals surface area contributed by atoms with Crippen molar-refractivity contribution in [2.24, 2.45) is 0 Å². The predicted molar refractivity (Wildman–Crippen MR) is 92.5 cm³/mol. The Balaban J connectivity index is 0. The Hall–Kier alpha value is -0.443. The van der Waals surface area contributed by atoms with Crippen LogP contribution in [0.5, 0.6) is 0 Å². The third-order valence-corrected chi connectivity index (χ3v) is 5.26. The molecule has 0 heterocycles. The molecule has 0 atom stereocenters. The predicted octanol–water partition coefficient (Wildman–Crippen LogP) is -1.16. The molecule has 1 N–H and O–H groups in total. The number of nitrogens with zero attached hydrogens (tertiary/aromatic N) is 1. The van der Waals surface area contributed by atoms with Gasteiger partial charge in [0.05, 0.1) is 33.2 Å². The molecule has 23 heavy (non-hydrogen) atoms. The van der Waals surface area contributed by atoms with E-state index in [-0.39, 0.29) is 29.5 Å². The zero-order chi connectivity index (χ0) is 17.2. The summed E-state index contributed by atoms with van der Waals surface area (Å²) in [5.41, 5.74) is 0.220. The molecule has 0 saturated carbocycles. The van der Waals surface area contributed by atoms with Gasteiger partial charge in [0.1, 0.15) is 6.54 Å². The summed E-state index contributed by atoms with van der Waals surface area (Å²) in [5.74, 6) is -1.13. The highest BCUT2D eigenvalue weighted by Gasteiger charge is 2.17. The van der Waals surface area contributed by atoms with Crippen molar-refractivity contribution in [1.82, 2.24) is 0 Å². The van der Waals surface area contributed by atoms with Crippen LogP contribution in [0.2, 0.25) is 25.7 Å². The molecule has 0 aromatic heterocycles. The van der Waals surface area contributed by atoms with Gasteiger partial charge >= 0.3 is 0 Å². The number of aromatic carboxylic acids is 1. The van der Waals surface area contributed by atoms with E-state index in [1.54, 1.807) is 18.2 Å². The standard InChI is InChI=1S/C10H26NOSi.C7H6O2.HI/c1-11(2,8-9-12)7-6-10-13(3,4)5;8-7(9)6-4-2-1-3-5-6;/h12H,6-10H2,1-5H3;1-5H,(H,8,9);1H/q+1;;/p-2. The van der Waals surface area contributed by atoms with Crippen LogP contribution in [0.25, 0.3) is 0 Å². The second-order valence-corrected chi connectivity index (χ2v) is 13.0. The number of aliphatic hydroxyl groups excluding tert-OH is 1. The quantitative estimate of drug-likeness (QED) is 0.323. The number of aliphatic hydroxyl groups is 1. The molecule has 0 amide bonds. The van der Waals surface area contributed by atoms with E-state index in [0.29, 0.717) is 6.61 Å². The van der Waals surface area contributed by atoms with Gasteiger partial charge in [0.2, 0.25) is 0 Å². The van der Waals surface area contributed by atoms with E-state index in [1.807, 2.05) is 0 Å². The Kier molecular flexibility index (Phi) is 12.9. The molecule has 1 rings (SSSR count). The van der Waals surface area contributed by atoms with Crippen molar-refractivity contribution >= 4 is 14.0 Å². The van der Waals surface area contributed by atoms with Crippen molar-refractivity contribution in [3.8, 4) is 0 Å². The molecule has 0 spiro atoms. The highest BCUT2D eigenvalue weighted by Crippen LogP contribution is 2.12. The number of carboxylic acids is 1. The molecule has 0 bridgehead atoms. The number of quaternary nitrogens is 1. The number of carboxylic acid groups (broad SMARTS) is 1. The van der Waals surface area contributed by atoms with Crippen molar-refractivity contribution < 1.29 is 43.5 Å². The summed E-state index contributed by atoms with van der Waals surface area (Å²) in [5, 5.41) is 18.9. The minimum atomic E-state index is -1.13. The maximum absolute atomic E-state index is 10.1. The van der Waals surface area contributed by atoms with Crippen molar-refractivity contribution in [3.63, 3.8) is 0 Å². The van der Waals surface area contributed by atoms with Gasteiger partial charge in [-0.1, -0.05) is 56.0 Å². The summed E-state index contributed by atoms with van der Waals surface area (Å²) in [6.07, 6.45) is 1.31. The van der Waals surface area contributed by atoms with E-state index in [9.17, 15) is 9.90 Å². The minimum absolute atomic E-state index is 0. The molecule has 0 fully saturated rings. The van der Waals surface area contributed by atoms with Crippen LogP contribution in [0.15, 0.2) is 30.3 Å². The van der Waals surface area contributed by atoms with Gasteiger partial charge in [0, 0.05) is 8.07 Å². The SMILES string of the molecule is C[N+](C)(CCO)CCC[Si](C)(C)C.O=C([O-])c1ccccc1.[I-]. The topological polar surface area (TPSA) is 60.4 Å². The molecule has 134 valence electrons. The van der Waals surface area contributed by atoms with E-state index >= 15 is 0 Å². The van der Waals surface area contributed by atoms with E-state index in [2.05, 4.69) is 33.7 Å². The van der Waals surface area contributed by atoms with Crippen LogP contribution in [0.4, 0.5) is 0 Å². The van der Waals surface area contributed by atoms with Crippen LogP contribution in [0.1, 0.15) is 16.8 Å². The molecule has 0 aliphatic carbocycles. The molecule has 4 nitrogen and oxygen atoms in total. The highest BCUT2D eigenvalue weighted by molar-refractivity contribution is 6.76. The number of hydrogen-bond donors (Lipinski definition) is 1. The zero-order valence-corrected chi connectivity index (χ0v) is 18.2. The fourth-order valence-electron chi connectivity index (χ4n) is 1.99. The molecule has 0 aliphatic rings. The number of benzene rings is 1.